The summed E-state index contributed by atoms with van der Waals surface area (Å²) in [5.74, 6) is -6.66. The van der Waals surface area contributed by atoms with E-state index in [1.54, 1.807) is 31.2 Å². The van der Waals surface area contributed by atoms with Gasteiger partial charge in [-0.2, -0.15) is 0 Å². The van der Waals surface area contributed by atoms with E-state index in [2.05, 4.69) is 15.5 Å². The summed E-state index contributed by atoms with van der Waals surface area (Å²) < 4.78 is 47.0. The van der Waals surface area contributed by atoms with E-state index in [1.807, 2.05) is 0 Å². The molecule has 522 valence electrons. The van der Waals surface area contributed by atoms with Crippen LogP contribution in [0.1, 0.15) is 145 Å². The van der Waals surface area contributed by atoms with Gasteiger partial charge in [-0.1, -0.05) is 43.5 Å². The predicted molar refractivity (Wildman–Crippen MR) is 339 cm³/mol. The van der Waals surface area contributed by atoms with Gasteiger partial charge in [-0.15, -0.1) is 0 Å². The maximum atomic E-state index is 14.3. The van der Waals surface area contributed by atoms with E-state index < -0.39 is 138 Å². The van der Waals surface area contributed by atoms with Crippen LogP contribution >= 0.6 is 0 Å². The molecule has 4 heterocycles. The number of nitrogens with one attached hydrogen (secondary N) is 2. The number of hydrogen-bond acceptors (Lipinski definition) is 23. The van der Waals surface area contributed by atoms with E-state index in [1.165, 1.54) is 68.5 Å². The zero-order chi connectivity index (χ0) is 69.6. The number of unbranched alkanes of at least 4 members (excludes halogenated alkanes) is 3. The number of aromatic hydroxyl groups is 2. The zero-order valence-electron chi connectivity index (χ0n) is 54.8. The first-order valence-corrected chi connectivity index (χ1v) is 32.7. The predicted octanol–water partition coefficient (Wildman–Crippen LogP) is 4.63. The number of ether oxygens (including phenoxy) is 8. The number of morpholine rings is 1. The van der Waals surface area contributed by atoms with E-state index in [0.717, 1.165) is 4.90 Å². The number of phenols is 2. The molecule has 0 bridgehead atoms. The lowest BCUT2D eigenvalue weighted by molar-refractivity contribution is -0.256. The molecular formula is C68H83N7O22. The van der Waals surface area contributed by atoms with Gasteiger partial charge >= 0.3 is 18.2 Å². The number of methoxy groups -OCH3 is 2. The Kier molecular flexibility index (Phi) is 22.3. The molecule has 1 saturated carbocycles. The fourth-order valence-electron chi connectivity index (χ4n) is 13.9. The molecule has 3 aliphatic carbocycles. The minimum absolute atomic E-state index is 0.0469. The number of Topliss-reactive ketones (excluding diaryl/α,β-unsaturated/α-hetero) is 3. The lowest BCUT2D eigenvalue weighted by atomic mass is 9.61. The Balaban J connectivity index is 0.718. The first-order valence-electron chi connectivity index (χ1n) is 32.7. The van der Waals surface area contributed by atoms with Crippen LogP contribution in [0.25, 0.3) is 0 Å². The first-order chi connectivity index (χ1) is 46.4. The van der Waals surface area contributed by atoms with Crippen LogP contribution in [0.5, 0.6) is 17.2 Å². The van der Waals surface area contributed by atoms with E-state index in [9.17, 15) is 68.1 Å². The molecule has 0 spiro atoms. The maximum Gasteiger partial charge on any atom is 0.409 e. The summed E-state index contributed by atoms with van der Waals surface area (Å²) in [5.41, 5.74) is 0.724. The molecule has 3 aromatic carbocycles. The number of carbonyl (C=O) groups excluding carboxylic acids is 11. The van der Waals surface area contributed by atoms with Gasteiger partial charge in [0.25, 0.3) is 11.8 Å². The average Bonchev–Trinajstić information content (AvgIpc) is 1.53. The van der Waals surface area contributed by atoms with Gasteiger partial charge in [-0.05, 0) is 69.2 Å². The normalized spacial score (nSPS) is 23.9. The molecule has 0 aromatic heterocycles. The fraction of sp³-hybridized carbons (Fsp3) is 0.544. The van der Waals surface area contributed by atoms with Gasteiger partial charge in [-0.25, -0.2) is 14.4 Å². The Bertz CT molecular complexity index is 3590. The molecule has 3 saturated heterocycles. The number of nitrogens with two attached hydrogens (primary N) is 1. The van der Waals surface area contributed by atoms with Gasteiger partial charge in [0, 0.05) is 133 Å². The van der Waals surface area contributed by atoms with Gasteiger partial charge in [0.15, 0.2) is 31.2 Å². The van der Waals surface area contributed by atoms with Crippen LogP contribution in [0.2, 0.25) is 0 Å². The highest BCUT2D eigenvalue weighted by Crippen LogP contribution is 2.53. The number of ketones is 5. The number of urea groups is 1. The minimum atomic E-state index is -2.48. The third-order valence-electron chi connectivity index (χ3n) is 19.5. The highest BCUT2D eigenvalue weighted by atomic mass is 16.7. The van der Waals surface area contributed by atoms with Crippen molar-refractivity contribution < 1.29 is 106 Å². The van der Waals surface area contributed by atoms with E-state index in [0.29, 0.717) is 82.3 Å². The highest BCUT2D eigenvalue weighted by molar-refractivity contribution is 6.31. The summed E-state index contributed by atoms with van der Waals surface area (Å²) in [7, 11) is 5.60. The summed E-state index contributed by atoms with van der Waals surface area (Å²) in [6.45, 7) is 1.68. The van der Waals surface area contributed by atoms with Crippen molar-refractivity contribution in [2.75, 3.05) is 79.6 Å². The third kappa shape index (κ3) is 15.1. The van der Waals surface area contributed by atoms with Crippen molar-refractivity contribution in [3.05, 3.63) is 93.6 Å². The Hall–Kier alpha value is -8.71. The molecule has 7 amide bonds. The summed E-state index contributed by atoms with van der Waals surface area (Å²) in [5, 5.41) is 42.1. The van der Waals surface area contributed by atoms with Crippen molar-refractivity contribution in [3.63, 3.8) is 0 Å². The number of imide groups is 1. The van der Waals surface area contributed by atoms with Crippen LogP contribution in [0.3, 0.4) is 0 Å². The summed E-state index contributed by atoms with van der Waals surface area (Å²) in [4.78, 5) is 152. The van der Waals surface area contributed by atoms with Crippen molar-refractivity contribution in [3.8, 4) is 17.2 Å². The van der Waals surface area contributed by atoms with E-state index in [-0.39, 0.29) is 109 Å². The molecule has 0 radical (unpaired) electrons. The Morgan fingerprint density at radius 2 is 1.51 bits per heavy atom. The summed E-state index contributed by atoms with van der Waals surface area (Å²) >= 11 is 0. The molecule has 7 N–H and O–H groups in total. The van der Waals surface area contributed by atoms with Crippen LogP contribution in [-0.2, 0) is 75.0 Å². The second-order valence-corrected chi connectivity index (χ2v) is 25.7. The van der Waals surface area contributed by atoms with Crippen molar-refractivity contribution in [1.29, 1.82) is 0 Å². The molecule has 29 heteroatoms. The molecule has 0 unspecified atom stereocenters. The van der Waals surface area contributed by atoms with Crippen LogP contribution in [0, 0.1) is 11.3 Å². The van der Waals surface area contributed by atoms with Crippen LogP contribution in [0.15, 0.2) is 54.6 Å². The van der Waals surface area contributed by atoms with Gasteiger partial charge in [0.1, 0.15) is 47.1 Å². The number of fused-ring (bicyclic) bond motifs is 6. The topological polar surface area (TPSA) is 385 Å². The number of nitrogens with zero attached hydrogens (tertiary/aromatic N) is 4. The molecule has 4 aliphatic heterocycles. The van der Waals surface area contributed by atoms with Crippen LogP contribution < -0.4 is 21.1 Å². The molecule has 4 fully saturated rings. The standard InChI is InChI=1S/C68H83N7O22/c1-37-60-43(74-29-30-92-63(91-5)62(74)97-60)32-51(95-37)96-45-34-68(89,33-42-53(45)59(84)55-54(57(42)82)56(81)41-14-10-15-44(90-4)52(41)58(55)83)48(78)36-94-66(88)73(3)28-27-72(2)65(87)93-35-38-17-19-40(20-18-38)71-61(85)39(13-11-25-70-64(69)86)31-47(77)67(23-12-24-67)46(76)16-8-6-7-9-26-75-49(79)21-22-50(75)80/h10,14-15,17-22,37,39,43,45,51,60,62-63,82,84,89H,6-9,11-13,16,23-36H2,1-5H3,(H,71,85)(H3,69,70,86)/t37-,39+,43-,45-,51-,60+,62+,63-,68-/m0/s1. The minimum Gasteiger partial charge on any atom is -0.507 e. The monoisotopic (exact) mass is 1350 g/mol. The maximum absolute atomic E-state index is 14.3. The number of hydrogen-bond donors (Lipinski definition) is 6. The van der Waals surface area contributed by atoms with Crippen LogP contribution in [-0.4, -0.2) is 217 Å². The van der Waals surface area contributed by atoms with Crippen molar-refractivity contribution in [1.82, 2.24) is 24.9 Å². The quantitative estimate of drug-likeness (QED) is 0.0187. The lowest BCUT2D eigenvalue weighted by Crippen LogP contribution is -2.55. The molecule has 9 atom stereocenters. The summed E-state index contributed by atoms with van der Waals surface area (Å²) in [6, 6.07) is 9.70. The average molecular weight is 1350 g/mol. The van der Waals surface area contributed by atoms with Gasteiger partial charge in [0.2, 0.25) is 17.5 Å². The number of carbonyl (C=O) groups is 11. The van der Waals surface area contributed by atoms with Gasteiger partial charge in [0.05, 0.1) is 48.0 Å². The largest absolute Gasteiger partial charge is 0.507 e. The SMILES string of the molecule is COc1cccc2c1C(=O)c1c(O)c3c(c(O)c1C2=O)C[C@@](O)(C(=O)COC(=O)N(C)CCN(C)C(=O)OCc1ccc(NC(=O)[C@H](CCCNC(N)=O)CC(=O)C2(C(=O)CCCCCCN4C(=O)C=CC4=O)CCC2)cc1)C[C@@H]3O[C@H]1C[C@H]2[C@H](O[C@@H]3[C@@H](OC)OCCN32)[C@H](C)O1. The number of likely N-dealkylation sites (N-methyl/N-ethyl adjacent to an activating group) is 2. The number of primary amides is 1. The van der Waals surface area contributed by atoms with Crippen molar-refractivity contribution in [2.45, 2.75) is 152 Å². The van der Waals surface area contributed by atoms with E-state index >= 15 is 0 Å². The number of rotatable bonds is 29. The smallest absolute Gasteiger partial charge is 0.409 e. The molecule has 97 heavy (non-hydrogen) atoms. The van der Waals surface area contributed by atoms with Crippen molar-refractivity contribution >= 4 is 70.5 Å². The summed E-state index contributed by atoms with van der Waals surface area (Å²) in [6.07, 6.45) is -0.876. The first kappa shape index (κ1) is 71.1. The Morgan fingerprint density at radius 1 is 0.814 bits per heavy atom. The number of anilines is 1. The van der Waals surface area contributed by atoms with Gasteiger partial charge < -0.3 is 79.4 Å². The van der Waals surface area contributed by atoms with Crippen molar-refractivity contribution in [2.24, 2.45) is 17.1 Å². The molecule has 10 rings (SSSR count). The van der Waals surface area contributed by atoms with Crippen LogP contribution in [0.4, 0.5) is 20.1 Å². The highest BCUT2D eigenvalue weighted by Gasteiger charge is 2.56. The second-order valence-electron chi connectivity index (χ2n) is 25.7. The third-order valence-corrected chi connectivity index (χ3v) is 19.5. The zero-order valence-corrected chi connectivity index (χ0v) is 54.8. The fourth-order valence-corrected chi connectivity index (χ4v) is 13.9. The molecule has 7 aliphatic rings. The Morgan fingerprint density at radius 3 is 2.18 bits per heavy atom. The molecule has 29 nitrogen and oxygen atoms in total. The van der Waals surface area contributed by atoms with E-state index in [4.69, 9.17) is 43.6 Å². The number of aliphatic hydroxyl groups is 1. The molecular weight excluding hydrogens is 1270 g/mol. The second kappa shape index (κ2) is 30.4. The number of phenolic OH excluding ortho intramolecular Hbond substituents is 2. The number of benzene rings is 3. The number of amides is 7. The lowest BCUT2D eigenvalue weighted by Gasteiger charge is -2.43. The van der Waals surface area contributed by atoms with Gasteiger partial charge in [-0.3, -0.25) is 48.2 Å². The molecule has 3 aromatic rings. The Labute approximate surface area is 559 Å².